The van der Waals surface area contributed by atoms with Gasteiger partial charge in [-0.15, -0.1) is 0 Å². The van der Waals surface area contributed by atoms with Crippen LogP contribution in [-0.4, -0.2) is 9.72 Å². The van der Waals surface area contributed by atoms with Gasteiger partial charge in [-0.25, -0.2) is 0 Å². The summed E-state index contributed by atoms with van der Waals surface area (Å²) in [5, 5.41) is 11.3. The molecule has 2 rings (SSSR count). The van der Waals surface area contributed by atoms with Crippen molar-refractivity contribution in [3.8, 4) is 5.69 Å². The summed E-state index contributed by atoms with van der Waals surface area (Å²) in [5.74, 6) is 0. The fourth-order valence-electron chi connectivity index (χ4n) is 0.843. The summed E-state index contributed by atoms with van der Waals surface area (Å²) in [5.41, 5.74) is 0.731. The number of rotatable bonds is 0. The highest BCUT2D eigenvalue weighted by atomic mass is 16.5. The zero-order valence-corrected chi connectivity index (χ0v) is 5.11. The number of nitrogens with zero attached hydrogens (tertiary/aromatic N) is 2. The Bertz CT molecular complexity index is 362. The summed E-state index contributed by atoms with van der Waals surface area (Å²) in [7, 11) is 0. The number of hydrogen-bond donors (Lipinski definition) is 1. The molecule has 0 saturated heterocycles. The highest BCUT2D eigenvalue weighted by Crippen LogP contribution is 1.99. The Labute approximate surface area is 56.5 Å². The molecule has 0 aliphatic carbocycles. The summed E-state index contributed by atoms with van der Waals surface area (Å²) in [6.07, 6.45) is 4.73. The van der Waals surface area contributed by atoms with Crippen molar-refractivity contribution < 1.29 is 4.52 Å². The molecule has 0 aromatic heterocycles. The van der Waals surface area contributed by atoms with Crippen LogP contribution in [0.2, 0.25) is 0 Å². The molecule has 50 valence electrons. The lowest BCUT2D eigenvalue weighted by Crippen LogP contribution is -2.02. The third kappa shape index (κ3) is 0.556. The first-order valence-electron chi connectivity index (χ1n) is 2.83. The van der Waals surface area contributed by atoms with Gasteiger partial charge in [-0.2, -0.15) is 0 Å². The topological polar surface area (TPSA) is 54.8 Å². The number of nitrogens with one attached hydrogen (secondary N) is 1. The summed E-state index contributed by atoms with van der Waals surface area (Å²) < 4.78 is 6.37. The third-order valence-corrected chi connectivity index (χ3v) is 1.35. The van der Waals surface area contributed by atoms with Gasteiger partial charge in [-0.3, -0.25) is 5.41 Å². The predicted octanol–water partition coefficient (Wildman–Crippen LogP) is 0.383. The van der Waals surface area contributed by atoms with Crippen LogP contribution in [0.4, 0.5) is 0 Å². The largest absolute Gasteiger partial charge is 0.361 e. The predicted molar refractivity (Wildman–Crippen MR) is 32.9 cm³/mol. The molecule has 0 atom stereocenters. The molecule has 0 spiro atoms. The standard InChI is InChI=1S/C6H5N3O/c7-5-1-2-9-4-8-10-3-6(5)9/h1-4,7H. The molecule has 0 saturated carbocycles. The lowest BCUT2D eigenvalue weighted by Gasteiger charge is -1.96. The van der Waals surface area contributed by atoms with Crippen molar-refractivity contribution in [2.45, 2.75) is 0 Å². The van der Waals surface area contributed by atoms with Crippen LogP contribution in [0.25, 0.3) is 5.69 Å². The quantitative estimate of drug-likeness (QED) is 0.567. The maximum atomic E-state index is 7.34. The molecule has 0 amide bonds. The van der Waals surface area contributed by atoms with Crippen LogP contribution < -0.4 is 5.36 Å². The highest BCUT2D eigenvalue weighted by Gasteiger charge is 2.00. The van der Waals surface area contributed by atoms with E-state index in [1.807, 2.05) is 0 Å². The number of hydrogen-bond acceptors (Lipinski definition) is 3. The molecular weight excluding hydrogens is 130 g/mol. The van der Waals surface area contributed by atoms with Crippen molar-refractivity contribution in [3.05, 3.63) is 30.2 Å². The van der Waals surface area contributed by atoms with Gasteiger partial charge in [-0.05, 0) is 6.07 Å². The SMILES string of the molecule is N=c1ccn2cnocc1-2. The normalized spacial score (nSPS) is 10.4. The van der Waals surface area contributed by atoms with E-state index < -0.39 is 0 Å². The fraction of sp³-hybridized carbons (Fsp3) is 0. The van der Waals surface area contributed by atoms with E-state index in [-0.39, 0.29) is 0 Å². The third-order valence-electron chi connectivity index (χ3n) is 1.35. The van der Waals surface area contributed by atoms with Crippen LogP contribution in [-0.2, 0) is 0 Å². The summed E-state index contributed by atoms with van der Waals surface area (Å²) >= 11 is 0. The van der Waals surface area contributed by atoms with Crippen molar-refractivity contribution in [2.24, 2.45) is 0 Å². The van der Waals surface area contributed by atoms with Crippen LogP contribution in [0.15, 0.2) is 29.4 Å². The van der Waals surface area contributed by atoms with Gasteiger partial charge in [0.15, 0.2) is 0 Å². The van der Waals surface area contributed by atoms with Gasteiger partial charge < -0.3 is 9.09 Å². The Balaban J connectivity index is 2.91. The van der Waals surface area contributed by atoms with Gasteiger partial charge in [0, 0.05) is 6.20 Å². The van der Waals surface area contributed by atoms with E-state index in [1.54, 1.807) is 16.8 Å². The minimum atomic E-state index is 0.450. The molecule has 0 aromatic carbocycles. The molecule has 0 radical (unpaired) electrons. The van der Waals surface area contributed by atoms with Crippen LogP contribution >= 0.6 is 0 Å². The number of fused-ring (bicyclic) bond motifs is 1. The maximum absolute atomic E-state index is 7.34. The van der Waals surface area contributed by atoms with E-state index in [1.165, 1.54) is 12.6 Å². The van der Waals surface area contributed by atoms with Gasteiger partial charge in [0.1, 0.15) is 18.3 Å². The Morgan fingerprint density at radius 1 is 1.60 bits per heavy atom. The first-order valence-corrected chi connectivity index (χ1v) is 2.83. The minimum absolute atomic E-state index is 0.450. The van der Waals surface area contributed by atoms with Crippen LogP contribution in [0.1, 0.15) is 0 Å². The lowest BCUT2D eigenvalue weighted by atomic mass is 10.5. The van der Waals surface area contributed by atoms with Gasteiger partial charge in [-0.1, -0.05) is 5.16 Å². The second-order valence-electron chi connectivity index (χ2n) is 1.97. The molecule has 4 nitrogen and oxygen atoms in total. The summed E-state index contributed by atoms with van der Waals surface area (Å²) in [6.45, 7) is 0. The molecule has 2 aliphatic rings. The lowest BCUT2D eigenvalue weighted by molar-refractivity contribution is 0.385. The molecule has 2 heterocycles. The molecule has 1 N–H and O–H groups in total. The second kappa shape index (κ2) is 1.70. The average Bonchev–Trinajstić information content (AvgIpc) is 2.34. The van der Waals surface area contributed by atoms with E-state index in [9.17, 15) is 0 Å². The van der Waals surface area contributed by atoms with Gasteiger partial charge in [0.25, 0.3) is 0 Å². The van der Waals surface area contributed by atoms with E-state index in [0.717, 1.165) is 5.69 Å². The summed E-state index contributed by atoms with van der Waals surface area (Å²) in [6, 6.07) is 1.69. The van der Waals surface area contributed by atoms with Gasteiger partial charge in [0.2, 0.25) is 0 Å². The first kappa shape index (κ1) is 5.22. The molecule has 4 heteroatoms. The van der Waals surface area contributed by atoms with Crippen LogP contribution in [0.5, 0.6) is 0 Å². The summed E-state index contributed by atoms with van der Waals surface area (Å²) in [4.78, 5) is 0. The molecular formula is C6H5N3O. The van der Waals surface area contributed by atoms with Crippen molar-refractivity contribution >= 4 is 0 Å². The van der Waals surface area contributed by atoms with E-state index in [4.69, 9.17) is 5.41 Å². The molecule has 0 unspecified atom stereocenters. The Morgan fingerprint density at radius 2 is 2.50 bits per heavy atom. The fourth-order valence-corrected chi connectivity index (χ4v) is 0.843. The van der Waals surface area contributed by atoms with Crippen molar-refractivity contribution in [1.82, 2.24) is 9.72 Å². The van der Waals surface area contributed by atoms with Crippen LogP contribution in [0, 0.1) is 5.41 Å². The van der Waals surface area contributed by atoms with Crippen molar-refractivity contribution in [1.29, 1.82) is 5.41 Å². The molecule has 10 heavy (non-hydrogen) atoms. The van der Waals surface area contributed by atoms with Crippen LogP contribution in [0.3, 0.4) is 0 Å². The molecule has 0 aromatic rings. The zero-order chi connectivity index (χ0) is 6.97. The smallest absolute Gasteiger partial charge is 0.148 e. The first-order chi connectivity index (χ1) is 4.88. The number of aromatic nitrogens is 2. The van der Waals surface area contributed by atoms with E-state index in [2.05, 4.69) is 9.68 Å². The Hall–Kier alpha value is -1.58. The van der Waals surface area contributed by atoms with Crippen molar-refractivity contribution in [2.75, 3.05) is 0 Å². The Kier molecular flexibility index (Phi) is 0.887. The minimum Gasteiger partial charge on any atom is -0.361 e. The monoisotopic (exact) mass is 135 g/mol. The van der Waals surface area contributed by atoms with Gasteiger partial charge >= 0.3 is 0 Å². The molecule has 0 fully saturated rings. The highest BCUT2D eigenvalue weighted by molar-refractivity contribution is 5.27. The Morgan fingerprint density at radius 3 is 3.30 bits per heavy atom. The molecule has 0 bridgehead atoms. The van der Waals surface area contributed by atoms with E-state index in [0.29, 0.717) is 5.36 Å². The van der Waals surface area contributed by atoms with Gasteiger partial charge in [0.05, 0.1) is 5.36 Å². The maximum Gasteiger partial charge on any atom is 0.148 e. The van der Waals surface area contributed by atoms with Crippen molar-refractivity contribution in [3.63, 3.8) is 0 Å². The van der Waals surface area contributed by atoms with E-state index >= 15 is 0 Å². The molecule has 2 aliphatic heterocycles. The zero-order valence-electron chi connectivity index (χ0n) is 5.11. The second-order valence-corrected chi connectivity index (χ2v) is 1.97. The average molecular weight is 135 g/mol.